The Kier molecular flexibility index (Phi) is 11.9. The van der Waals surface area contributed by atoms with Gasteiger partial charge in [-0.1, -0.05) is 37.0 Å². The van der Waals surface area contributed by atoms with Crippen molar-refractivity contribution in [3.05, 3.63) is 24.3 Å². The summed E-state index contributed by atoms with van der Waals surface area (Å²) in [5.74, 6) is 6.14. The topological polar surface area (TPSA) is 40.5 Å². The predicted octanol–water partition coefficient (Wildman–Crippen LogP) is 3.81. The third-order valence-corrected chi connectivity index (χ3v) is 2.73. The molecule has 2 nitrogen and oxygen atoms in total. The van der Waals surface area contributed by atoms with Crippen molar-refractivity contribution in [2.24, 2.45) is 0 Å². The molecule has 0 bridgehead atoms. The zero-order chi connectivity index (χ0) is 14.4. The molecule has 0 aromatic rings. The van der Waals surface area contributed by atoms with E-state index in [4.69, 9.17) is 10.2 Å². The smallest absolute Gasteiger partial charge is 0.210 e. The number of hydrogen-bond donors (Lipinski definition) is 3. The van der Waals surface area contributed by atoms with Crippen molar-refractivity contribution in [3.8, 4) is 11.8 Å². The molecule has 0 saturated carbocycles. The van der Waals surface area contributed by atoms with Crippen molar-refractivity contribution in [1.29, 1.82) is 0 Å². The van der Waals surface area contributed by atoms with Crippen LogP contribution in [0.5, 0.6) is 0 Å². The standard InChI is InChI=1S/C16H26O2S/c1-2-3-4-5-6-7-8-9-10-11-12-13-14-15-16(17,18)19/h3-4,11-12,17-19H,2,7-10,13-15H2,1H3. The molecular weight excluding hydrogens is 256 g/mol. The number of rotatable bonds is 9. The molecule has 19 heavy (non-hydrogen) atoms. The summed E-state index contributed by atoms with van der Waals surface area (Å²) in [7, 11) is 0. The molecule has 2 N–H and O–H groups in total. The normalized spacial score (nSPS) is 12.0. The van der Waals surface area contributed by atoms with Crippen molar-refractivity contribution in [1.82, 2.24) is 0 Å². The maximum absolute atomic E-state index is 8.97. The van der Waals surface area contributed by atoms with E-state index in [0.29, 0.717) is 6.42 Å². The van der Waals surface area contributed by atoms with E-state index in [-0.39, 0.29) is 0 Å². The van der Waals surface area contributed by atoms with Crippen LogP contribution in [-0.4, -0.2) is 15.3 Å². The van der Waals surface area contributed by atoms with Gasteiger partial charge in [0.25, 0.3) is 0 Å². The predicted molar refractivity (Wildman–Crippen MR) is 84.8 cm³/mol. The highest BCUT2D eigenvalue weighted by Gasteiger charge is 2.14. The third-order valence-electron chi connectivity index (χ3n) is 2.51. The van der Waals surface area contributed by atoms with E-state index in [1.165, 1.54) is 0 Å². The highest BCUT2D eigenvalue weighted by molar-refractivity contribution is 7.81. The van der Waals surface area contributed by atoms with Crippen molar-refractivity contribution in [2.45, 2.75) is 63.4 Å². The molecule has 0 heterocycles. The van der Waals surface area contributed by atoms with E-state index in [9.17, 15) is 0 Å². The van der Waals surface area contributed by atoms with Gasteiger partial charge < -0.3 is 10.2 Å². The highest BCUT2D eigenvalue weighted by atomic mass is 32.1. The maximum Gasteiger partial charge on any atom is 0.210 e. The molecule has 0 amide bonds. The largest absolute Gasteiger partial charge is 0.357 e. The number of allylic oxidation sites excluding steroid dienone is 4. The molecule has 0 spiro atoms. The Morgan fingerprint density at radius 3 is 2.37 bits per heavy atom. The first kappa shape index (κ1) is 18.3. The lowest BCUT2D eigenvalue weighted by atomic mass is 10.1. The van der Waals surface area contributed by atoms with Crippen LogP contribution in [0, 0.1) is 11.8 Å². The SMILES string of the molecule is CCC=CC#CCCCCC=CCCCC(O)(O)S. The van der Waals surface area contributed by atoms with E-state index in [2.05, 4.69) is 49.6 Å². The Hall–Kier alpha value is -0.690. The van der Waals surface area contributed by atoms with Crippen LogP contribution >= 0.6 is 12.6 Å². The molecule has 0 radical (unpaired) electrons. The summed E-state index contributed by atoms with van der Waals surface area (Å²) < 4.78 is 0. The summed E-state index contributed by atoms with van der Waals surface area (Å²) in [4.78, 5) is 0. The number of aliphatic hydroxyl groups is 2. The van der Waals surface area contributed by atoms with Crippen LogP contribution in [0.3, 0.4) is 0 Å². The lowest BCUT2D eigenvalue weighted by Gasteiger charge is -2.12. The summed E-state index contributed by atoms with van der Waals surface area (Å²) in [6.45, 7) is 2.10. The van der Waals surface area contributed by atoms with Gasteiger partial charge >= 0.3 is 0 Å². The van der Waals surface area contributed by atoms with E-state index in [0.717, 1.165) is 44.9 Å². The summed E-state index contributed by atoms with van der Waals surface area (Å²) in [5.41, 5.74) is 0. The summed E-state index contributed by atoms with van der Waals surface area (Å²) in [5, 5.41) is 16.1. The van der Waals surface area contributed by atoms with Crippen LogP contribution < -0.4 is 0 Å². The van der Waals surface area contributed by atoms with Gasteiger partial charge in [-0.25, -0.2) is 0 Å². The maximum atomic E-state index is 8.97. The number of hydrogen-bond acceptors (Lipinski definition) is 3. The van der Waals surface area contributed by atoms with Crippen LogP contribution in [0.25, 0.3) is 0 Å². The van der Waals surface area contributed by atoms with Gasteiger partial charge in [0.15, 0.2) is 0 Å². The summed E-state index contributed by atoms with van der Waals surface area (Å²) in [6.07, 6.45) is 15.5. The first-order chi connectivity index (χ1) is 9.06. The minimum absolute atomic E-state index is 0.293. The van der Waals surface area contributed by atoms with Crippen molar-refractivity contribution in [3.63, 3.8) is 0 Å². The van der Waals surface area contributed by atoms with Crippen molar-refractivity contribution < 1.29 is 10.2 Å². The second-order valence-electron chi connectivity index (χ2n) is 4.52. The quantitative estimate of drug-likeness (QED) is 0.198. The van der Waals surface area contributed by atoms with Gasteiger partial charge in [-0.2, -0.15) is 0 Å². The zero-order valence-electron chi connectivity index (χ0n) is 11.8. The Balaban J connectivity index is 3.34. The minimum Gasteiger partial charge on any atom is -0.357 e. The Morgan fingerprint density at radius 2 is 1.74 bits per heavy atom. The molecule has 0 fully saturated rings. The van der Waals surface area contributed by atoms with Gasteiger partial charge in [0, 0.05) is 12.8 Å². The van der Waals surface area contributed by atoms with Crippen LogP contribution in [-0.2, 0) is 0 Å². The van der Waals surface area contributed by atoms with E-state index < -0.39 is 5.12 Å². The molecule has 108 valence electrons. The molecular formula is C16H26O2S. The summed E-state index contributed by atoms with van der Waals surface area (Å²) >= 11 is 3.64. The van der Waals surface area contributed by atoms with Gasteiger partial charge in [0.2, 0.25) is 5.12 Å². The second kappa shape index (κ2) is 12.3. The highest BCUT2D eigenvalue weighted by Crippen LogP contribution is 2.14. The van der Waals surface area contributed by atoms with Crippen molar-refractivity contribution >= 4 is 12.6 Å². The average molecular weight is 282 g/mol. The van der Waals surface area contributed by atoms with Gasteiger partial charge in [0.1, 0.15) is 0 Å². The average Bonchev–Trinajstić information content (AvgIpc) is 2.34. The zero-order valence-corrected chi connectivity index (χ0v) is 12.7. The lowest BCUT2D eigenvalue weighted by molar-refractivity contribution is -0.0799. The Labute approximate surface area is 123 Å². The Bertz CT molecular complexity index is 316. The first-order valence-electron chi connectivity index (χ1n) is 7.02. The van der Waals surface area contributed by atoms with E-state index in [1.807, 2.05) is 6.08 Å². The Morgan fingerprint density at radius 1 is 1.05 bits per heavy atom. The molecule has 0 saturated heterocycles. The van der Waals surface area contributed by atoms with Gasteiger partial charge in [-0.05, 0) is 44.6 Å². The second-order valence-corrected chi connectivity index (χ2v) is 5.23. The van der Waals surface area contributed by atoms with Crippen LogP contribution in [0.4, 0.5) is 0 Å². The first-order valence-corrected chi connectivity index (χ1v) is 7.46. The third kappa shape index (κ3) is 17.3. The lowest BCUT2D eigenvalue weighted by Crippen LogP contribution is -2.18. The minimum atomic E-state index is -1.82. The molecule has 0 rings (SSSR count). The molecule has 0 unspecified atom stereocenters. The van der Waals surface area contributed by atoms with Gasteiger partial charge in [-0.3, -0.25) is 0 Å². The molecule has 0 aliphatic heterocycles. The fraction of sp³-hybridized carbons (Fsp3) is 0.625. The molecule has 0 atom stereocenters. The number of thiol groups is 1. The van der Waals surface area contributed by atoms with E-state index >= 15 is 0 Å². The van der Waals surface area contributed by atoms with Gasteiger partial charge in [-0.15, -0.1) is 12.6 Å². The molecule has 0 aliphatic rings. The fourth-order valence-electron chi connectivity index (χ4n) is 1.48. The number of unbranched alkanes of at least 4 members (excludes halogenated alkanes) is 4. The van der Waals surface area contributed by atoms with Crippen LogP contribution in [0.15, 0.2) is 24.3 Å². The monoisotopic (exact) mass is 282 g/mol. The van der Waals surface area contributed by atoms with Crippen LogP contribution in [0.2, 0.25) is 0 Å². The van der Waals surface area contributed by atoms with Crippen LogP contribution in [0.1, 0.15) is 58.3 Å². The molecule has 0 aromatic heterocycles. The molecule has 0 aliphatic carbocycles. The molecule has 3 heteroatoms. The van der Waals surface area contributed by atoms with E-state index in [1.54, 1.807) is 0 Å². The van der Waals surface area contributed by atoms with Gasteiger partial charge in [0.05, 0.1) is 0 Å². The summed E-state index contributed by atoms with van der Waals surface area (Å²) in [6, 6.07) is 0. The fourth-order valence-corrected chi connectivity index (χ4v) is 1.63. The molecule has 0 aromatic carbocycles. The van der Waals surface area contributed by atoms with Crippen molar-refractivity contribution in [2.75, 3.05) is 0 Å².